The lowest BCUT2D eigenvalue weighted by atomic mass is 10.0. The summed E-state index contributed by atoms with van der Waals surface area (Å²) in [6.07, 6.45) is 0. The minimum atomic E-state index is 0.554. The van der Waals surface area contributed by atoms with Gasteiger partial charge in [0.15, 0.2) is 0 Å². The van der Waals surface area contributed by atoms with Gasteiger partial charge < -0.3 is 11.1 Å². The number of rotatable bonds is 4. The van der Waals surface area contributed by atoms with Crippen molar-refractivity contribution in [1.82, 2.24) is 0 Å². The van der Waals surface area contributed by atoms with E-state index in [-0.39, 0.29) is 0 Å². The van der Waals surface area contributed by atoms with E-state index in [0.717, 1.165) is 17.8 Å². The van der Waals surface area contributed by atoms with E-state index in [1.54, 1.807) is 0 Å². The van der Waals surface area contributed by atoms with Crippen LogP contribution in [0.1, 0.15) is 11.1 Å². The smallest absolute Gasteiger partial charge is 0.0407 e. The summed E-state index contributed by atoms with van der Waals surface area (Å²) in [5, 5.41) is 6.07. The molecule has 0 aliphatic heterocycles. The molecule has 2 nitrogen and oxygen atoms in total. The molecule has 0 saturated heterocycles. The van der Waals surface area contributed by atoms with E-state index in [4.69, 9.17) is 5.73 Å². The lowest BCUT2D eigenvalue weighted by Crippen LogP contribution is -2.05. The number of anilines is 1. The number of fused-ring (bicyclic) bond motifs is 1. The van der Waals surface area contributed by atoms with E-state index in [2.05, 4.69) is 59.9 Å². The van der Waals surface area contributed by atoms with Crippen molar-refractivity contribution >= 4 is 16.5 Å². The largest absolute Gasteiger partial charge is 0.381 e. The number of benzene rings is 3. The molecule has 2 heteroatoms. The Bertz CT molecular complexity index is 714. The second-order valence-electron chi connectivity index (χ2n) is 4.85. The third kappa shape index (κ3) is 2.51. The summed E-state index contributed by atoms with van der Waals surface area (Å²) in [6.45, 7) is 1.36. The second-order valence-corrected chi connectivity index (χ2v) is 4.85. The number of nitrogens with two attached hydrogens (primary N) is 1. The Kier molecular flexibility index (Phi) is 3.66. The van der Waals surface area contributed by atoms with Crippen molar-refractivity contribution in [3.05, 3.63) is 77.9 Å². The zero-order valence-electron chi connectivity index (χ0n) is 11.3. The Labute approximate surface area is 119 Å². The summed E-state index contributed by atoms with van der Waals surface area (Å²) in [7, 11) is 0. The lowest BCUT2D eigenvalue weighted by molar-refractivity contribution is 1.05. The van der Waals surface area contributed by atoms with Gasteiger partial charge in [-0.1, -0.05) is 60.7 Å². The Morgan fingerprint density at radius 1 is 0.750 bits per heavy atom. The predicted molar refractivity (Wildman–Crippen MR) is 85.6 cm³/mol. The summed E-state index contributed by atoms with van der Waals surface area (Å²) in [6, 6.07) is 23.1. The molecule has 0 aliphatic rings. The van der Waals surface area contributed by atoms with Gasteiger partial charge in [-0.3, -0.25) is 0 Å². The highest BCUT2D eigenvalue weighted by atomic mass is 14.9. The third-order valence-corrected chi connectivity index (χ3v) is 3.59. The SMILES string of the molecule is NCc1ccccc1NCc1cccc2ccccc12. The highest BCUT2D eigenvalue weighted by Gasteiger charge is 2.02. The van der Waals surface area contributed by atoms with Crippen molar-refractivity contribution < 1.29 is 0 Å². The molecule has 3 aromatic carbocycles. The molecule has 100 valence electrons. The van der Waals surface area contributed by atoms with Crippen molar-refractivity contribution in [3.63, 3.8) is 0 Å². The highest BCUT2D eigenvalue weighted by molar-refractivity contribution is 5.85. The van der Waals surface area contributed by atoms with Gasteiger partial charge in [0, 0.05) is 18.8 Å². The van der Waals surface area contributed by atoms with Gasteiger partial charge in [-0.05, 0) is 28.0 Å². The molecule has 0 radical (unpaired) electrons. The van der Waals surface area contributed by atoms with E-state index < -0.39 is 0 Å². The van der Waals surface area contributed by atoms with Gasteiger partial charge in [0.1, 0.15) is 0 Å². The Hall–Kier alpha value is -2.32. The van der Waals surface area contributed by atoms with Gasteiger partial charge in [0.2, 0.25) is 0 Å². The van der Waals surface area contributed by atoms with E-state index in [9.17, 15) is 0 Å². The zero-order valence-corrected chi connectivity index (χ0v) is 11.3. The first kappa shape index (κ1) is 12.7. The van der Waals surface area contributed by atoms with E-state index in [1.165, 1.54) is 16.3 Å². The minimum absolute atomic E-state index is 0.554. The average molecular weight is 262 g/mol. The highest BCUT2D eigenvalue weighted by Crippen LogP contribution is 2.21. The van der Waals surface area contributed by atoms with E-state index >= 15 is 0 Å². The van der Waals surface area contributed by atoms with Crippen LogP contribution in [0.25, 0.3) is 10.8 Å². The van der Waals surface area contributed by atoms with Crippen LogP contribution in [0.2, 0.25) is 0 Å². The van der Waals surface area contributed by atoms with Gasteiger partial charge in [0.25, 0.3) is 0 Å². The zero-order chi connectivity index (χ0) is 13.8. The number of para-hydroxylation sites is 1. The predicted octanol–water partition coefficient (Wildman–Crippen LogP) is 3.91. The topological polar surface area (TPSA) is 38.0 Å². The molecule has 0 fully saturated rings. The van der Waals surface area contributed by atoms with E-state index in [1.807, 2.05) is 12.1 Å². The molecule has 3 N–H and O–H groups in total. The second kappa shape index (κ2) is 5.76. The molecule has 20 heavy (non-hydrogen) atoms. The molecule has 3 rings (SSSR count). The molecule has 0 saturated carbocycles. The van der Waals surface area contributed by atoms with Gasteiger partial charge in [-0.2, -0.15) is 0 Å². The summed E-state index contributed by atoms with van der Waals surface area (Å²) < 4.78 is 0. The maximum absolute atomic E-state index is 5.77. The van der Waals surface area contributed by atoms with Crippen molar-refractivity contribution in [3.8, 4) is 0 Å². The van der Waals surface area contributed by atoms with Crippen LogP contribution in [0.5, 0.6) is 0 Å². The molecule has 0 heterocycles. The van der Waals surface area contributed by atoms with Crippen molar-refractivity contribution in [1.29, 1.82) is 0 Å². The van der Waals surface area contributed by atoms with Gasteiger partial charge in [-0.25, -0.2) is 0 Å². The Morgan fingerprint density at radius 2 is 1.45 bits per heavy atom. The monoisotopic (exact) mass is 262 g/mol. The number of nitrogens with one attached hydrogen (secondary N) is 1. The molecule has 0 aromatic heterocycles. The van der Waals surface area contributed by atoms with Crippen LogP contribution >= 0.6 is 0 Å². The molecule has 3 aromatic rings. The molecular weight excluding hydrogens is 244 g/mol. The Balaban J connectivity index is 1.87. The molecular formula is C18H18N2. The van der Waals surface area contributed by atoms with Crippen molar-refractivity contribution in [2.24, 2.45) is 5.73 Å². The first-order valence-electron chi connectivity index (χ1n) is 6.87. The van der Waals surface area contributed by atoms with Crippen LogP contribution in [-0.2, 0) is 13.1 Å². The molecule has 0 unspecified atom stereocenters. The van der Waals surface area contributed by atoms with Crippen molar-refractivity contribution in [2.75, 3.05) is 5.32 Å². The average Bonchev–Trinajstić information content (AvgIpc) is 2.53. The normalized spacial score (nSPS) is 10.7. The minimum Gasteiger partial charge on any atom is -0.381 e. The van der Waals surface area contributed by atoms with Crippen LogP contribution in [0.15, 0.2) is 66.7 Å². The molecule has 0 amide bonds. The standard InChI is InChI=1S/C18H18N2/c19-12-15-7-2-4-11-18(15)20-13-16-9-5-8-14-6-1-3-10-17(14)16/h1-11,20H,12-13,19H2. The van der Waals surface area contributed by atoms with Crippen LogP contribution in [0.4, 0.5) is 5.69 Å². The molecule has 0 aliphatic carbocycles. The van der Waals surface area contributed by atoms with E-state index in [0.29, 0.717) is 6.54 Å². The fourth-order valence-electron chi connectivity index (χ4n) is 2.51. The third-order valence-electron chi connectivity index (χ3n) is 3.59. The summed E-state index contributed by atoms with van der Waals surface area (Å²) in [5.74, 6) is 0. The van der Waals surface area contributed by atoms with Gasteiger partial charge >= 0.3 is 0 Å². The number of hydrogen-bond acceptors (Lipinski definition) is 2. The lowest BCUT2D eigenvalue weighted by Gasteiger charge is -2.12. The number of hydrogen-bond donors (Lipinski definition) is 2. The summed E-state index contributed by atoms with van der Waals surface area (Å²) >= 11 is 0. The fourth-order valence-corrected chi connectivity index (χ4v) is 2.51. The maximum atomic E-state index is 5.77. The Morgan fingerprint density at radius 3 is 2.35 bits per heavy atom. The van der Waals surface area contributed by atoms with Crippen molar-refractivity contribution in [2.45, 2.75) is 13.1 Å². The maximum Gasteiger partial charge on any atom is 0.0407 e. The quantitative estimate of drug-likeness (QED) is 0.748. The van der Waals surface area contributed by atoms with Crippen LogP contribution in [0, 0.1) is 0 Å². The first-order valence-corrected chi connectivity index (χ1v) is 6.87. The first-order chi connectivity index (χ1) is 9.88. The van der Waals surface area contributed by atoms with Gasteiger partial charge in [0.05, 0.1) is 0 Å². The van der Waals surface area contributed by atoms with Gasteiger partial charge in [-0.15, -0.1) is 0 Å². The van der Waals surface area contributed by atoms with Crippen LogP contribution < -0.4 is 11.1 Å². The summed E-state index contributed by atoms with van der Waals surface area (Å²) in [4.78, 5) is 0. The van der Waals surface area contributed by atoms with Crippen LogP contribution in [0.3, 0.4) is 0 Å². The molecule has 0 spiro atoms. The molecule has 0 bridgehead atoms. The van der Waals surface area contributed by atoms with Crippen LogP contribution in [-0.4, -0.2) is 0 Å². The summed E-state index contributed by atoms with van der Waals surface area (Å²) in [5.41, 5.74) is 9.33. The fraction of sp³-hybridized carbons (Fsp3) is 0.111. The molecule has 0 atom stereocenters.